The first-order valence-corrected chi connectivity index (χ1v) is 5.86. The predicted octanol–water partition coefficient (Wildman–Crippen LogP) is 1.73. The van der Waals surface area contributed by atoms with Crippen LogP contribution in [0.4, 0.5) is 0 Å². The maximum absolute atomic E-state index is 12.1. The van der Waals surface area contributed by atoms with Crippen LogP contribution in [0, 0.1) is 0 Å². The summed E-state index contributed by atoms with van der Waals surface area (Å²) in [4.78, 5) is 22.3. The number of carbonyl (C=O) groups is 1. The van der Waals surface area contributed by atoms with Gasteiger partial charge in [-0.05, 0) is 0 Å². The van der Waals surface area contributed by atoms with Gasteiger partial charge in [0.05, 0.1) is 17.4 Å². The van der Waals surface area contributed by atoms with Crippen LogP contribution in [0.1, 0.15) is 37.1 Å². The Morgan fingerprint density at radius 3 is 2.56 bits per heavy atom. The molecule has 0 saturated heterocycles. The smallest absolute Gasteiger partial charge is 0.289 e. The van der Waals surface area contributed by atoms with Crippen molar-refractivity contribution >= 4 is 11.4 Å². The molecule has 0 saturated carbocycles. The van der Waals surface area contributed by atoms with Crippen LogP contribution in [-0.2, 0) is 5.41 Å². The van der Waals surface area contributed by atoms with Gasteiger partial charge in [0.25, 0.3) is 5.91 Å². The fourth-order valence-corrected chi connectivity index (χ4v) is 1.84. The zero-order chi connectivity index (χ0) is 13.5. The highest BCUT2D eigenvalue weighted by atomic mass is 16.2. The third-order valence-electron chi connectivity index (χ3n) is 2.75. The molecule has 0 fully saturated rings. The molecule has 5 nitrogen and oxygen atoms in total. The third-order valence-corrected chi connectivity index (χ3v) is 2.75. The van der Waals surface area contributed by atoms with Crippen molar-refractivity contribution in [2.75, 3.05) is 14.1 Å². The summed E-state index contributed by atoms with van der Waals surface area (Å²) < 4.78 is 1.80. The molecule has 2 rings (SSSR count). The van der Waals surface area contributed by atoms with Gasteiger partial charge in [-0.25, -0.2) is 4.98 Å². The van der Waals surface area contributed by atoms with Gasteiger partial charge >= 0.3 is 0 Å². The van der Waals surface area contributed by atoms with Crippen LogP contribution in [0.15, 0.2) is 18.6 Å². The maximum atomic E-state index is 12.1. The summed E-state index contributed by atoms with van der Waals surface area (Å²) in [5.74, 6) is 0.328. The van der Waals surface area contributed by atoms with Gasteiger partial charge in [0.15, 0.2) is 0 Å². The van der Waals surface area contributed by atoms with Crippen molar-refractivity contribution in [3.05, 3.63) is 30.1 Å². The van der Waals surface area contributed by atoms with E-state index in [9.17, 15) is 4.79 Å². The SMILES string of the molecule is CN(C)C(=O)c1nc(C(C)(C)C)c2cnccn12. The molecule has 2 heterocycles. The van der Waals surface area contributed by atoms with E-state index < -0.39 is 0 Å². The highest BCUT2D eigenvalue weighted by molar-refractivity contribution is 5.91. The molecule has 0 aliphatic rings. The lowest BCUT2D eigenvalue weighted by Gasteiger charge is -2.15. The van der Waals surface area contributed by atoms with E-state index in [0.717, 1.165) is 11.2 Å². The first-order chi connectivity index (χ1) is 8.32. The molecule has 0 N–H and O–H groups in total. The molecule has 96 valence electrons. The highest BCUT2D eigenvalue weighted by Gasteiger charge is 2.25. The number of nitrogens with zero attached hydrogens (tertiary/aromatic N) is 4. The summed E-state index contributed by atoms with van der Waals surface area (Å²) in [5.41, 5.74) is 1.65. The van der Waals surface area contributed by atoms with Gasteiger partial charge in [-0.15, -0.1) is 0 Å². The summed E-state index contributed by atoms with van der Waals surface area (Å²) in [5, 5.41) is 0. The molecule has 0 unspecified atom stereocenters. The third kappa shape index (κ3) is 1.96. The molecule has 2 aromatic rings. The Morgan fingerprint density at radius 1 is 1.33 bits per heavy atom. The van der Waals surface area contributed by atoms with Crippen LogP contribution in [0.25, 0.3) is 5.52 Å². The van der Waals surface area contributed by atoms with Gasteiger partial charge in [-0.3, -0.25) is 14.2 Å². The standard InChI is InChI=1S/C13H18N4O/c1-13(2,3)10-9-8-14-6-7-17(9)11(15-10)12(18)16(4)5/h6-8H,1-5H3. The van der Waals surface area contributed by atoms with Gasteiger partial charge in [-0.2, -0.15) is 0 Å². The number of carbonyl (C=O) groups excluding carboxylic acids is 1. The van der Waals surface area contributed by atoms with E-state index in [1.54, 1.807) is 37.1 Å². The Balaban J connectivity index is 2.73. The summed E-state index contributed by atoms with van der Waals surface area (Å²) in [6, 6.07) is 0. The van der Waals surface area contributed by atoms with Gasteiger partial charge in [0.2, 0.25) is 5.82 Å². The number of aromatic nitrogens is 3. The summed E-state index contributed by atoms with van der Waals surface area (Å²) >= 11 is 0. The fraction of sp³-hybridized carbons (Fsp3) is 0.462. The van der Waals surface area contributed by atoms with Crippen LogP contribution in [0.2, 0.25) is 0 Å². The Bertz CT molecular complexity index is 593. The predicted molar refractivity (Wildman–Crippen MR) is 69.7 cm³/mol. The average molecular weight is 246 g/mol. The average Bonchev–Trinajstić information content (AvgIpc) is 2.66. The molecule has 0 atom stereocenters. The minimum absolute atomic E-state index is 0.105. The van der Waals surface area contributed by atoms with E-state index in [-0.39, 0.29) is 11.3 Å². The molecule has 18 heavy (non-hydrogen) atoms. The van der Waals surface area contributed by atoms with Crippen LogP contribution in [0.5, 0.6) is 0 Å². The molecule has 0 aromatic carbocycles. The van der Waals surface area contributed by atoms with Crippen LogP contribution < -0.4 is 0 Å². The quantitative estimate of drug-likeness (QED) is 0.770. The number of hydrogen-bond donors (Lipinski definition) is 0. The molecule has 0 bridgehead atoms. The molecule has 0 aliphatic heterocycles. The van der Waals surface area contributed by atoms with E-state index in [1.807, 2.05) is 0 Å². The molecule has 2 aromatic heterocycles. The molecule has 0 spiro atoms. The van der Waals surface area contributed by atoms with Gasteiger partial charge < -0.3 is 4.90 Å². The topological polar surface area (TPSA) is 50.5 Å². The Hall–Kier alpha value is -1.91. The van der Waals surface area contributed by atoms with E-state index in [2.05, 4.69) is 30.7 Å². The molecule has 1 amide bonds. The summed E-state index contributed by atoms with van der Waals surface area (Å²) in [7, 11) is 3.45. The zero-order valence-corrected chi connectivity index (χ0v) is 11.4. The van der Waals surface area contributed by atoms with E-state index in [4.69, 9.17) is 0 Å². The number of amides is 1. The van der Waals surface area contributed by atoms with Gasteiger partial charge in [0.1, 0.15) is 0 Å². The molecular weight excluding hydrogens is 228 g/mol. The highest BCUT2D eigenvalue weighted by Crippen LogP contribution is 2.26. The second-order valence-electron chi connectivity index (χ2n) is 5.57. The number of imidazole rings is 1. The van der Waals surface area contributed by atoms with Crippen molar-refractivity contribution < 1.29 is 4.79 Å². The fourth-order valence-electron chi connectivity index (χ4n) is 1.84. The number of hydrogen-bond acceptors (Lipinski definition) is 3. The second-order valence-corrected chi connectivity index (χ2v) is 5.57. The molecule has 0 aliphatic carbocycles. The monoisotopic (exact) mass is 246 g/mol. The molecule has 5 heteroatoms. The van der Waals surface area contributed by atoms with E-state index >= 15 is 0 Å². The van der Waals surface area contributed by atoms with Crippen molar-refractivity contribution in [1.82, 2.24) is 19.3 Å². The number of rotatable bonds is 1. The lowest BCUT2D eigenvalue weighted by atomic mass is 9.92. The van der Waals surface area contributed by atoms with Crippen molar-refractivity contribution in [3.8, 4) is 0 Å². The lowest BCUT2D eigenvalue weighted by molar-refractivity contribution is 0.0815. The Labute approximate surface area is 106 Å². The van der Waals surface area contributed by atoms with Crippen LogP contribution in [-0.4, -0.2) is 39.3 Å². The normalized spacial score (nSPS) is 11.8. The minimum atomic E-state index is -0.126. The summed E-state index contributed by atoms with van der Waals surface area (Å²) in [6.07, 6.45) is 5.18. The first kappa shape index (κ1) is 12.5. The van der Waals surface area contributed by atoms with E-state index in [0.29, 0.717) is 5.82 Å². The molecular formula is C13H18N4O. The van der Waals surface area contributed by atoms with Crippen molar-refractivity contribution in [1.29, 1.82) is 0 Å². The van der Waals surface area contributed by atoms with Crippen LogP contribution >= 0.6 is 0 Å². The van der Waals surface area contributed by atoms with E-state index in [1.165, 1.54) is 4.90 Å². The van der Waals surface area contributed by atoms with Crippen LogP contribution in [0.3, 0.4) is 0 Å². The molecule has 0 radical (unpaired) electrons. The van der Waals surface area contributed by atoms with Crippen molar-refractivity contribution in [2.24, 2.45) is 0 Å². The number of fused-ring (bicyclic) bond motifs is 1. The Morgan fingerprint density at radius 2 is 2.00 bits per heavy atom. The first-order valence-electron chi connectivity index (χ1n) is 5.86. The van der Waals surface area contributed by atoms with Crippen molar-refractivity contribution in [2.45, 2.75) is 26.2 Å². The Kier molecular flexibility index (Phi) is 2.84. The maximum Gasteiger partial charge on any atom is 0.289 e. The lowest BCUT2D eigenvalue weighted by Crippen LogP contribution is -2.24. The summed E-state index contributed by atoms with van der Waals surface area (Å²) in [6.45, 7) is 6.23. The zero-order valence-electron chi connectivity index (χ0n) is 11.4. The van der Waals surface area contributed by atoms with Gasteiger partial charge in [-0.1, -0.05) is 20.8 Å². The second kappa shape index (κ2) is 4.08. The largest absolute Gasteiger partial charge is 0.342 e. The van der Waals surface area contributed by atoms with Crippen molar-refractivity contribution in [3.63, 3.8) is 0 Å². The van der Waals surface area contributed by atoms with Gasteiger partial charge in [0, 0.05) is 31.9 Å². The minimum Gasteiger partial charge on any atom is -0.342 e.